The Labute approximate surface area is 156 Å². The highest BCUT2D eigenvalue weighted by Crippen LogP contribution is 2.28. The van der Waals surface area contributed by atoms with Crippen LogP contribution in [-0.2, 0) is 10.0 Å². The molecule has 3 aromatic rings. The van der Waals surface area contributed by atoms with Gasteiger partial charge in [0.05, 0.1) is 7.11 Å². The number of hydrogen-bond acceptors (Lipinski definition) is 6. The topological polar surface area (TPSA) is 93.2 Å². The smallest absolute Gasteiger partial charge is 0.266 e. The summed E-state index contributed by atoms with van der Waals surface area (Å²) in [4.78, 5) is -0.0826. The van der Waals surface area contributed by atoms with Gasteiger partial charge >= 0.3 is 0 Å². The van der Waals surface area contributed by atoms with E-state index in [1.165, 1.54) is 25.3 Å². The maximum Gasteiger partial charge on any atom is 0.266 e. The number of benzene rings is 2. The number of halogens is 1. The molecule has 0 amide bonds. The summed E-state index contributed by atoms with van der Waals surface area (Å²) in [6.07, 6.45) is 0. The molecule has 0 unspecified atom stereocenters. The van der Waals surface area contributed by atoms with Crippen LogP contribution in [0.15, 0.2) is 65.6 Å². The summed E-state index contributed by atoms with van der Waals surface area (Å²) in [6, 6.07) is 16.9. The van der Waals surface area contributed by atoms with Crippen molar-refractivity contribution >= 4 is 38.9 Å². The monoisotopic (exact) mass is 390 g/mol. The Morgan fingerprint density at radius 3 is 2.31 bits per heavy atom. The lowest BCUT2D eigenvalue weighted by Crippen LogP contribution is -2.15. The molecule has 1 heterocycles. The molecular weight excluding hydrogens is 376 g/mol. The van der Waals surface area contributed by atoms with Crippen LogP contribution in [0.3, 0.4) is 0 Å². The van der Waals surface area contributed by atoms with Crippen LogP contribution < -0.4 is 14.8 Å². The van der Waals surface area contributed by atoms with Crippen molar-refractivity contribution in [1.82, 2.24) is 10.2 Å². The van der Waals surface area contributed by atoms with Crippen molar-refractivity contribution in [1.29, 1.82) is 0 Å². The Morgan fingerprint density at radius 1 is 0.962 bits per heavy atom. The molecule has 2 aromatic carbocycles. The minimum absolute atomic E-state index is 0.0747. The Kier molecular flexibility index (Phi) is 5.24. The zero-order valence-electron chi connectivity index (χ0n) is 13.7. The quantitative estimate of drug-likeness (QED) is 0.666. The number of nitrogens with zero attached hydrogens (tertiary/aromatic N) is 2. The van der Waals surface area contributed by atoms with Gasteiger partial charge in [0.1, 0.15) is 10.6 Å². The first-order valence-corrected chi connectivity index (χ1v) is 9.36. The normalized spacial score (nSPS) is 11.0. The van der Waals surface area contributed by atoms with E-state index in [1.54, 1.807) is 12.1 Å². The van der Waals surface area contributed by atoms with Crippen molar-refractivity contribution in [2.24, 2.45) is 0 Å². The summed E-state index contributed by atoms with van der Waals surface area (Å²) in [6.45, 7) is 0. The van der Waals surface area contributed by atoms with E-state index >= 15 is 0 Å². The number of hydrogen-bond donors (Lipinski definition) is 2. The first kappa shape index (κ1) is 18.0. The molecule has 0 saturated carbocycles. The largest absolute Gasteiger partial charge is 0.495 e. The maximum absolute atomic E-state index is 12.6. The fourth-order valence-corrected chi connectivity index (χ4v) is 3.61. The fraction of sp³-hybridized carbons (Fsp3) is 0.0588. The molecule has 2 N–H and O–H groups in total. The van der Waals surface area contributed by atoms with Crippen LogP contribution in [0, 0.1) is 0 Å². The highest BCUT2D eigenvalue weighted by Gasteiger charge is 2.21. The summed E-state index contributed by atoms with van der Waals surface area (Å²) in [5, 5.41) is 11.2. The minimum atomic E-state index is -3.93. The van der Waals surface area contributed by atoms with Crippen molar-refractivity contribution in [3.63, 3.8) is 0 Å². The second-order valence-electron chi connectivity index (χ2n) is 5.20. The van der Waals surface area contributed by atoms with E-state index in [4.69, 9.17) is 16.3 Å². The van der Waals surface area contributed by atoms with Gasteiger partial charge in [0, 0.05) is 10.7 Å². The van der Waals surface area contributed by atoms with Gasteiger partial charge in [-0.05, 0) is 42.5 Å². The summed E-state index contributed by atoms with van der Waals surface area (Å²) in [7, 11) is -2.55. The number of methoxy groups -OCH3 is 1. The molecule has 9 heteroatoms. The molecule has 0 aliphatic rings. The SMILES string of the molecule is COc1ccc(Cl)cc1S(=O)(=O)Nc1ccc(Nc2ccccc2)nn1. The minimum Gasteiger partial charge on any atom is -0.495 e. The van der Waals surface area contributed by atoms with E-state index in [9.17, 15) is 8.42 Å². The molecule has 0 atom stereocenters. The van der Waals surface area contributed by atoms with Gasteiger partial charge in [-0.3, -0.25) is 4.72 Å². The Hall–Kier alpha value is -2.84. The fourth-order valence-electron chi connectivity index (χ4n) is 2.18. The predicted octanol–water partition coefficient (Wildman–Crippen LogP) is 3.68. The number of para-hydroxylation sites is 1. The van der Waals surface area contributed by atoms with Crippen LogP contribution in [0.1, 0.15) is 0 Å². The Morgan fingerprint density at radius 2 is 1.65 bits per heavy atom. The number of nitrogens with one attached hydrogen (secondary N) is 2. The summed E-state index contributed by atoms with van der Waals surface area (Å²) in [5.41, 5.74) is 0.846. The summed E-state index contributed by atoms with van der Waals surface area (Å²) < 4.78 is 32.6. The molecule has 1 aromatic heterocycles. The lowest BCUT2D eigenvalue weighted by molar-refractivity contribution is 0.403. The van der Waals surface area contributed by atoms with Crippen LogP contribution in [0.25, 0.3) is 0 Å². The maximum atomic E-state index is 12.6. The number of aromatic nitrogens is 2. The molecule has 0 saturated heterocycles. The molecule has 0 radical (unpaired) electrons. The molecule has 0 fully saturated rings. The van der Waals surface area contributed by atoms with Gasteiger partial charge in [-0.25, -0.2) is 8.42 Å². The highest BCUT2D eigenvalue weighted by molar-refractivity contribution is 7.92. The molecule has 0 spiro atoms. The van der Waals surface area contributed by atoms with Gasteiger partial charge < -0.3 is 10.1 Å². The average molecular weight is 391 g/mol. The lowest BCUT2D eigenvalue weighted by atomic mass is 10.3. The first-order valence-electron chi connectivity index (χ1n) is 7.50. The third-order valence-electron chi connectivity index (χ3n) is 3.36. The van der Waals surface area contributed by atoms with Crippen molar-refractivity contribution < 1.29 is 13.2 Å². The number of anilines is 3. The Bertz CT molecular complexity index is 996. The van der Waals surface area contributed by atoms with Crippen molar-refractivity contribution in [3.8, 4) is 5.75 Å². The van der Waals surface area contributed by atoms with Crippen LogP contribution in [0.5, 0.6) is 5.75 Å². The standard InChI is InChI=1S/C17H15ClN4O3S/c1-25-14-8-7-12(18)11-15(14)26(23,24)22-17-10-9-16(20-21-17)19-13-5-3-2-4-6-13/h2-11H,1H3,(H,19,20)(H,21,22). The van der Waals surface area contributed by atoms with E-state index in [1.807, 2.05) is 30.3 Å². The van der Waals surface area contributed by atoms with Gasteiger partial charge in [-0.1, -0.05) is 29.8 Å². The van der Waals surface area contributed by atoms with Crippen molar-refractivity contribution in [3.05, 3.63) is 65.7 Å². The average Bonchev–Trinajstić information content (AvgIpc) is 2.64. The number of rotatable bonds is 6. The molecular formula is C17H15ClN4O3S. The molecule has 0 aliphatic carbocycles. The third kappa shape index (κ3) is 4.22. The zero-order valence-corrected chi connectivity index (χ0v) is 15.3. The molecule has 0 aliphatic heterocycles. The predicted molar refractivity (Wildman–Crippen MR) is 101 cm³/mol. The van der Waals surface area contributed by atoms with Crippen LogP contribution >= 0.6 is 11.6 Å². The van der Waals surface area contributed by atoms with E-state index in [2.05, 4.69) is 20.2 Å². The zero-order chi connectivity index (χ0) is 18.6. The van der Waals surface area contributed by atoms with E-state index in [0.29, 0.717) is 5.82 Å². The van der Waals surface area contributed by atoms with E-state index < -0.39 is 10.0 Å². The lowest BCUT2D eigenvalue weighted by Gasteiger charge is -2.11. The molecule has 3 rings (SSSR count). The van der Waals surface area contributed by atoms with Crippen molar-refractivity contribution in [2.75, 3.05) is 17.1 Å². The first-order chi connectivity index (χ1) is 12.5. The summed E-state index contributed by atoms with van der Waals surface area (Å²) in [5.74, 6) is 0.738. The van der Waals surface area contributed by atoms with E-state index in [0.717, 1.165) is 5.69 Å². The second-order valence-corrected chi connectivity index (χ2v) is 7.28. The van der Waals surface area contributed by atoms with Gasteiger partial charge in [0.25, 0.3) is 10.0 Å². The molecule has 7 nitrogen and oxygen atoms in total. The van der Waals surface area contributed by atoms with Gasteiger partial charge in [0.2, 0.25) is 0 Å². The van der Waals surface area contributed by atoms with Gasteiger partial charge in [-0.2, -0.15) is 0 Å². The number of sulfonamides is 1. The molecule has 26 heavy (non-hydrogen) atoms. The van der Waals surface area contributed by atoms with Gasteiger partial charge in [-0.15, -0.1) is 10.2 Å². The molecule has 134 valence electrons. The molecule has 0 bridgehead atoms. The number of ether oxygens (including phenoxy) is 1. The van der Waals surface area contributed by atoms with Gasteiger partial charge in [0.15, 0.2) is 11.6 Å². The van der Waals surface area contributed by atoms with E-state index in [-0.39, 0.29) is 21.5 Å². The second kappa shape index (κ2) is 7.59. The highest BCUT2D eigenvalue weighted by atomic mass is 35.5. The summed E-state index contributed by atoms with van der Waals surface area (Å²) >= 11 is 5.90. The van der Waals surface area contributed by atoms with Crippen LogP contribution in [0.4, 0.5) is 17.3 Å². The van der Waals surface area contributed by atoms with Crippen LogP contribution in [0.2, 0.25) is 5.02 Å². The Balaban J connectivity index is 1.79. The van der Waals surface area contributed by atoms with Crippen molar-refractivity contribution in [2.45, 2.75) is 4.90 Å². The third-order valence-corrected chi connectivity index (χ3v) is 4.98. The van der Waals surface area contributed by atoms with Crippen LogP contribution in [-0.4, -0.2) is 25.7 Å².